The predicted molar refractivity (Wildman–Crippen MR) is 112 cm³/mol. The third-order valence-electron chi connectivity index (χ3n) is 3.75. The third kappa shape index (κ3) is 6.65. The maximum absolute atomic E-state index is 2.26. The Morgan fingerprint density at radius 2 is 0.667 bits per heavy atom. The van der Waals surface area contributed by atoms with Gasteiger partial charge in [-0.1, -0.05) is 98.9 Å². The first-order valence-corrected chi connectivity index (χ1v) is 9.64. The molecule has 0 nitrogen and oxygen atoms in total. The van der Waals surface area contributed by atoms with Crippen molar-refractivity contribution in [1.82, 2.24) is 0 Å². The first kappa shape index (κ1) is 20.7. The van der Waals surface area contributed by atoms with Gasteiger partial charge in [0, 0.05) is 0 Å². The van der Waals surface area contributed by atoms with E-state index in [9.17, 15) is 0 Å². The molecule has 0 atom stereocenters. The summed E-state index contributed by atoms with van der Waals surface area (Å²) >= 11 is 0. The summed E-state index contributed by atoms with van der Waals surface area (Å²) in [4.78, 5) is 0. The third-order valence-corrected chi connectivity index (χ3v) is 6.18. The summed E-state index contributed by atoms with van der Waals surface area (Å²) in [6.07, 6.45) is 3.58. The second-order valence-corrected chi connectivity index (χ2v) is 7.89. The molecule has 0 unspecified atom stereocenters. The Kier molecular flexibility index (Phi) is 9.72. The van der Waals surface area contributed by atoms with Gasteiger partial charge in [-0.15, -0.1) is 24.8 Å². The zero-order valence-corrected chi connectivity index (χ0v) is 16.1. The van der Waals surface area contributed by atoms with Crippen LogP contribution in [0.1, 0.15) is 16.7 Å². The van der Waals surface area contributed by atoms with Crippen molar-refractivity contribution in [3.05, 3.63) is 108 Å². The zero-order valence-electron chi connectivity index (χ0n) is 13.5. The van der Waals surface area contributed by atoms with Crippen LogP contribution in [0, 0.1) is 0 Å². The van der Waals surface area contributed by atoms with E-state index in [4.69, 9.17) is 0 Å². The lowest BCUT2D eigenvalue weighted by Crippen LogP contribution is -1.93. The Morgan fingerprint density at radius 1 is 0.417 bits per heavy atom. The van der Waals surface area contributed by atoms with Crippen LogP contribution in [0.15, 0.2) is 91.0 Å². The van der Waals surface area contributed by atoms with Crippen molar-refractivity contribution < 1.29 is 0 Å². The molecular formula is C21H23Cl2P. The smallest absolute Gasteiger partial charge is 0.00671 e. The van der Waals surface area contributed by atoms with Crippen molar-refractivity contribution in [1.29, 1.82) is 0 Å². The topological polar surface area (TPSA) is 0 Å². The van der Waals surface area contributed by atoms with Crippen molar-refractivity contribution in [3.8, 4) is 0 Å². The molecular weight excluding hydrogens is 354 g/mol. The summed E-state index contributed by atoms with van der Waals surface area (Å²) in [6, 6.07) is 32.7. The van der Waals surface area contributed by atoms with Crippen molar-refractivity contribution in [3.63, 3.8) is 0 Å². The fraction of sp³-hybridized carbons (Fsp3) is 0.143. The average Bonchev–Trinajstić information content (AvgIpc) is 2.57. The van der Waals surface area contributed by atoms with E-state index >= 15 is 0 Å². The molecule has 126 valence electrons. The highest BCUT2D eigenvalue weighted by molar-refractivity contribution is 7.55. The minimum atomic E-state index is -0.0895. The SMILES string of the molecule is Cl.Cl.c1ccc(CP(Cc2ccccc2)Cc2ccccc2)cc1. The van der Waals surface area contributed by atoms with Crippen LogP contribution in [0.25, 0.3) is 0 Å². The number of rotatable bonds is 6. The van der Waals surface area contributed by atoms with Crippen LogP contribution in [0.3, 0.4) is 0 Å². The Hall–Kier alpha value is -1.33. The molecule has 3 heteroatoms. The molecule has 24 heavy (non-hydrogen) atoms. The highest BCUT2D eigenvalue weighted by Gasteiger charge is 2.11. The number of halogens is 2. The molecule has 0 aliphatic carbocycles. The predicted octanol–water partition coefficient (Wildman–Crippen LogP) is 6.91. The van der Waals surface area contributed by atoms with Crippen molar-refractivity contribution in [2.45, 2.75) is 18.5 Å². The van der Waals surface area contributed by atoms with Gasteiger partial charge < -0.3 is 0 Å². The largest absolute Gasteiger partial charge is 0.147 e. The standard InChI is InChI=1S/C21H21P.2ClH/c1-4-10-19(11-5-1)16-22(17-20-12-6-2-7-13-20)18-21-14-8-3-9-15-21;;/h1-15H,16-18H2;2*1H. The summed E-state index contributed by atoms with van der Waals surface area (Å²) in [7, 11) is -0.0895. The molecule has 0 saturated carbocycles. The summed E-state index contributed by atoms with van der Waals surface area (Å²) in [5.74, 6) is 0. The van der Waals surface area contributed by atoms with Crippen molar-refractivity contribution in [2.24, 2.45) is 0 Å². The molecule has 0 amide bonds. The van der Waals surface area contributed by atoms with Gasteiger partial charge in [0.05, 0.1) is 0 Å². The van der Waals surface area contributed by atoms with Gasteiger partial charge in [-0.2, -0.15) is 0 Å². The molecule has 0 bridgehead atoms. The van der Waals surface area contributed by atoms with E-state index in [1.807, 2.05) is 0 Å². The maximum atomic E-state index is 2.26. The summed E-state index contributed by atoms with van der Waals surface area (Å²) < 4.78 is 0. The van der Waals surface area contributed by atoms with E-state index in [2.05, 4.69) is 91.0 Å². The lowest BCUT2D eigenvalue weighted by molar-refractivity contribution is 1.26. The number of benzene rings is 3. The Labute approximate surface area is 158 Å². The highest BCUT2D eigenvalue weighted by Crippen LogP contribution is 2.46. The van der Waals surface area contributed by atoms with E-state index in [1.165, 1.54) is 35.2 Å². The highest BCUT2D eigenvalue weighted by atomic mass is 35.5. The monoisotopic (exact) mass is 376 g/mol. The number of hydrogen-bond acceptors (Lipinski definition) is 0. The average molecular weight is 377 g/mol. The molecule has 0 aromatic heterocycles. The summed E-state index contributed by atoms with van der Waals surface area (Å²) in [5.41, 5.74) is 4.38. The van der Waals surface area contributed by atoms with E-state index < -0.39 is 0 Å². The quantitative estimate of drug-likeness (QED) is 0.409. The summed E-state index contributed by atoms with van der Waals surface area (Å²) in [5, 5.41) is 0. The minimum Gasteiger partial charge on any atom is -0.147 e. The van der Waals surface area contributed by atoms with Gasteiger partial charge >= 0.3 is 0 Å². The van der Waals surface area contributed by atoms with Gasteiger partial charge in [-0.25, -0.2) is 0 Å². The fourth-order valence-corrected chi connectivity index (χ4v) is 5.21. The van der Waals surface area contributed by atoms with Gasteiger partial charge in [-0.05, 0) is 35.2 Å². The van der Waals surface area contributed by atoms with E-state index in [0.29, 0.717) is 0 Å². The van der Waals surface area contributed by atoms with Crippen LogP contribution in [0.2, 0.25) is 0 Å². The van der Waals surface area contributed by atoms with Crippen LogP contribution in [0.5, 0.6) is 0 Å². The lowest BCUT2D eigenvalue weighted by atomic mass is 10.2. The fourth-order valence-electron chi connectivity index (χ4n) is 2.69. The molecule has 0 aliphatic heterocycles. The van der Waals surface area contributed by atoms with Gasteiger partial charge in [-0.3, -0.25) is 0 Å². The second kappa shape index (κ2) is 11.3. The first-order chi connectivity index (χ1) is 10.9. The van der Waals surface area contributed by atoms with Gasteiger partial charge in [0.25, 0.3) is 0 Å². The van der Waals surface area contributed by atoms with Gasteiger partial charge in [0.15, 0.2) is 0 Å². The van der Waals surface area contributed by atoms with Gasteiger partial charge in [0.2, 0.25) is 0 Å². The van der Waals surface area contributed by atoms with Crippen LogP contribution < -0.4 is 0 Å². The first-order valence-electron chi connectivity index (χ1n) is 7.74. The Bertz CT molecular complexity index is 573. The van der Waals surface area contributed by atoms with E-state index in [1.54, 1.807) is 0 Å². The van der Waals surface area contributed by atoms with E-state index in [0.717, 1.165) is 0 Å². The molecule has 0 heterocycles. The molecule has 0 N–H and O–H groups in total. The lowest BCUT2D eigenvalue weighted by Gasteiger charge is -2.18. The molecule has 3 aromatic carbocycles. The van der Waals surface area contributed by atoms with Crippen LogP contribution in [-0.4, -0.2) is 0 Å². The molecule has 0 spiro atoms. The van der Waals surface area contributed by atoms with Crippen molar-refractivity contribution in [2.75, 3.05) is 0 Å². The van der Waals surface area contributed by atoms with Crippen LogP contribution in [0.4, 0.5) is 0 Å². The number of hydrogen-bond donors (Lipinski definition) is 0. The molecule has 3 aromatic rings. The Balaban J connectivity index is 0.00000144. The molecule has 0 aliphatic rings. The van der Waals surface area contributed by atoms with Crippen molar-refractivity contribution >= 4 is 32.7 Å². The normalized spacial score (nSPS) is 9.88. The Morgan fingerprint density at radius 3 is 0.917 bits per heavy atom. The molecule has 0 radical (unpaired) electrons. The van der Waals surface area contributed by atoms with Gasteiger partial charge in [0.1, 0.15) is 0 Å². The summed E-state index contributed by atoms with van der Waals surface area (Å²) in [6.45, 7) is 0. The van der Waals surface area contributed by atoms with Crippen LogP contribution in [-0.2, 0) is 18.5 Å². The minimum absolute atomic E-state index is 0. The van der Waals surface area contributed by atoms with Crippen LogP contribution >= 0.6 is 32.7 Å². The molecule has 0 saturated heterocycles. The van der Waals surface area contributed by atoms with E-state index in [-0.39, 0.29) is 32.7 Å². The molecule has 3 rings (SSSR count). The second-order valence-electron chi connectivity index (χ2n) is 5.60. The molecule has 0 fully saturated rings. The maximum Gasteiger partial charge on any atom is -0.00671 e. The zero-order chi connectivity index (χ0) is 15.0.